The van der Waals surface area contributed by atoms with Crippen LogP contribution in [-0.4, -0.2) is 59.9 Å². The van der Waals surface area contributed by atoms with E-state index >= 15 is 0 Å². The Labute approximate surface area is 262 Å². The number of hydrogen-bond acceptors (Lipinski definition) is 10. The second-order valence-corrected chi connectivity index (χ2v) is 14.2. The maximum Gasteiger partial charge on any atom is 0.334 e. The molecule has 0 aromatic rings. The Morgan fingerprint density at radius 2 is 1.13 bits per heavy atom. The van der Waals surface area contributed by atoms with Gasteiger partial charge in [0.05, 0.1) is 22.7 Å². The van der Waals surface area contributed by atoms with Crippen LogP contribution in [0.4, 0.5) is 0 Å². The average molecular weight is 621 g/mol. The van der Waals surface area contributed by atoms with E-state index in [0.29, 0.717) is 12.8 Å². The highest BCUT2D eigenvalue weighted by molar-refractivity contribution is 6.00. The van der Waals surface area contributed by atoms with E-state index < -0.39 is 71.0 Å². The number of fused-ring (bicyclic) bond motifs is 4. The van der Waals surface area contributed by atoms with Gasteiger partial charge in [0.25, 0.3) is 0 Å². The number of carbonyl (C=O) groups excluding carboxylic acids is 6. The normalized spacial score (nSPS) is 43.1. The van der Waals surface area contributed by atoms with Gasteiger partial charge in [-0.15, -0.1) is 0 Å². The maximum absolute atomic E-state index is 13.3. The third-order valence-corrected chi connectivity index (χ3v) is 11.6. The molecule has 0 bridgehead atoms. The predicted molar refractivity (Wildman–Crippen MR) is 158 cm³/mol. The predicted octanol–water partition coefficient (Wildman–Crippen LogP) is 3.78. The molecule has 0 aromatic carbocycles. The molecule has 2 saturated heterocycles. The molecule has 0 amide bonds. The van der Waals surface area contributed by atoms with Gasteiger partial charge in [-0.1, -0.05) is 39.2 Å². The van der Waals surface area contributed by atoms with Crippen LogP contribution in [0.1, 0.15) is 59.8 Å². The Morgan fingerprint density at radius 3 is 1.51 bits per heavy atom. The highest BCUT2D eigenvalue weighted by atomic mass is 16.6. The van der Waals surface area contributed by atoms with Crippen LogP contribution < -0.4 is 0 Å². The summed E-state index contributed by atoms with van der Waals surface area (Å²) in [5, 5.41) is 0. The summed E-state index contributed by atoms with van der Waals surface area (Å²) in [5.74, 6) is -4.46. The Balaban J connectivity index is 1.15. The van der Waals surface area contributed by atoms with Gasteiger partial charge in [0.15, 0.2) is 11.6 Å². The van der Waals surface area contributed by atoms with Crippen LogP contribution in [0.2, 0.25) is 0 Å². The fourth-order valence-electron chi connectivity index (χ4n) is 9.07. The number of hydrogen-bond donors (Lipinski definition) is 0. The third kappa shape index (κ3) is 4.65. The van der Waals surface area contributed by atoms with Crippen molar-refractivity contribution >= 4 is 35.4 Å². The van der Waals surface area contributed by atoms with Gasteiger partial charge in [-0.3, -0.25) is 19.2 Å². The zero-order chi connectivity index (χ0) is 32.6. The molecule has 0 radical (unpaired) electrons. The molecule has 4 aliphatic carbocycles. The van der Waals surface area contributed by atoms with Gasteiger partial charge in [-0.25, -0.2) is 9.59 Å². The lowest BCUT2D eigenvalue weighted by Gasteiger charge is -2.39. The van der Waals surface area contributed by atoms with Gasteiger partial charge in [0.1, 0.15) is 24.4 Å². The molecule has 2 heterocycles. The first-order chi connectivity index (χ1) is 21.2. The lowest BCUT2D eigenvalue weighted by atomic mass is 9.67. The summed E-state index contributed by atoms with van der Waals surface area (Å²) in [6.45, 7) is 15.3. The minimum atomic E-state index is -1.09. The topological polar surface area (TPSA) is 139 Å². The van der Waals surface area contributed by atoms with E-state index in [4.69, 9.17) is 18.9 Å². The minimum Gasteiger partial charge on any atom is -0.460 e. The van der Waals surface area contributed by atoms with Gasteiger partial charge < -0.3 is 18.9 Å². The number of allylic oxidation sites excluding steroid dienone is 4. The molecule has 10 nitrogen and oxygen atoms in total. The van der Waals surface area contributed by atoms with Crippen molar-refractivity contribution in [2.45, 2.75) is 84.2 Å². The SMILES string of the molecule is C=C1C(=O)O[C@@H]2C[C@@H](C)[C@@H]3C=CC(=O)[C@@]3(C)[C@@H](OC(=O)CCCC(=O)O[C@H]3[C@@H]4C(=C)C(=O)O[C@@H]4C[C@@H](C)[C@@H]4C=CC(=O)[C@]43C)[C@H]12. The lowest BCUT2D eigenvalue weighted by molar-refractivity contribution is -0.165. The minimum absolute atomic E-state index is 0.00556. The van der Waals surface area contributed by atoms with Crippen molar-refractivity contribution in [1.82, 2.24) is 0 Å². The number of esters is 4. The van der Waals surface area contributed by atoms with Crippen LogP contribution >= 0.6 is 0 Å². The van der Waals surface area contributed by atoms with Crippen LogP contribution in [0.25, 0.3) is 0 Å². The molecule has 2 saturated carbocycles. The van der Waals surface area contributed by atoms with Crippen LogP contribution in [0.5, 0.6) is 0 Å². The summed E-state index contributed by atoms with van der Waals surface area (Å²) >= 11 is 0. The molecule has 12 atom stereocenters. The summed E-state index contributed by atoms with van der Waals surface area (Å²) in [7, 11) is 0. The Kier molecular flexibility index (Phi) is 7.56. The number of rotatable bonds is 6. The van der Waals surface area contributed by atoms with Crippen molar-refractivity contribution in [1.29, 1.82) is 0 Å². The van der Waals surface area contributed by atoms with Gasteiger partial charge in [-0.2, -0.15) is 0 Å². The van der Waals surface area contributed by atoms with Crippen molar-refractivity contribution in [2.24, 2.45) is 46.3 Å². The van der Waals surface area contributed by atoms with Gasteiger partial charge in [0, 0.05) is 24.0 Å². The van der Waals surface area contributed by atoms with E-state index in [9.17, 15) is 28.8 Å². The first kappa shape index (κ1) is 31.2. The quantitative estimate of drug-likeness (QED) is 0.245. The van der Waals surface area contributed by atoms with Crippen LogP contribution in [0.3, 0.4) is 0 Å². The van der Waals surface area contributed by atoms with E-state index in [1.165, 1.54) is 12.2 Å². The van der Waals surface area contributed by atoms with Gasteiger partial charge in [0.2, 0.25) is 0 Å². The Morgan fingerprint density at radius 1 is 0.756 bits per heavy atom. The molecule has 10 heteroatoms. The van der Waals surface area contributed by atoms with Gasteiger partial charge >= 0.3 is 23.9 Å². The first-order valence-corrected chi connectivity index (χ1v) is 15.8. The molecule has 2 aliphatic heterocycles. The molecular formula is C35H40O10. The molecule has 6 aliphatic rings. The molecule has 0 spiro atoms. The van der Waals surface area contributed by atoms with E-state index in [2.05, 4.69) is 13.2 Å². The summed E-state index contributed by atoms with van der Waals surface area (Å²) in [5.41, 5.74) is -1.81. The maximum atomic E-state index is 13.3. The van der Waals surface area contributed by atoms with E-state index in [-0.39, 0.29) is 65.6 Å². The highest BCUT2D eigenvalue weighted by Crippen LogP contribution is 2.56. The fourth-order valence-corrected chi connectivity index (χ4v) is 9.07. The summed E-state index contributed by atoms with van der Waals surface area (Å²) in [6.07, 6.45) is 4.50. The first-order valence-electron chi connectivity index (χ1n) is 15.8. The van der Waals surface area contributed by atoms with Crippen LogP contribution in [-0.2, 0) is 47.7 Å². The second-order valence-electron chi connectivity index (χ2n) is 14.2. The Hall–Kier alpha value is -3.82. The molecule has 240 valence electrons. The molecule has 0 N–H and O–H groups in total. The highest BCUT2D eigenvalue weighted by Gasteiger charge is 2.63. The van der Waals surface area contributed by atoms with Crippen molar-refractivity contribution in [3.63, 3.8) is 0 Å². The molecule has 0 aromatic heterocycles. The summed E-state index contributed by atoms with van der Waals surface area (Å²) < 4.78 is 23.2. The standard InChI is InChI=1S/C35H40O10/c1-16-14-22-28(18(3)32(40)42-22)30(34(5)20(16)10-12-24(34)36)44-26(38)8-7-9-27(39)45-31-29-19(4)33(41)43-23(29)15-17(2)21-11-13-25(37)35(21,31)6/h10-13,16-17,20-23,28-31H,3-4,7-9,14-15H2,1-2,5-6H3/t16-,17-,20+,21+,22-,23-,28-,29-,30+,31+,34+,35+/m1/s1. The summed E-state index contributed by atoms with van der Waals surface area (Å²) in [4.78, 5) is 77.9. The van der Waals surface area contributed by atoms with Gasteiger partial charge in [-0.05, 0) is 68.9 Å². The number of ketones is 2. The molecule has 0 unspecified atom stereocenters. The zero-order valence-electron chi connectivity index (χ0n) is 26.1. The summed E-state index contributed by atoms with van der Waals surface area (Å²) in [6, 6.07) is 0. The third-order valence-electron chi connectivity index (χ3n) is 11.6. The number of carbonyl (C=O) groups is 6. The van der Waals surface area contributed by atoms with Crippen molar-refractivity contribution in [2.75, 3.05) is 0 Å². The zero-order valence-corrected chi connectivity index (χ0v) is 26.1. The molecule has 45 heavy (non-hydrogen) atoms. The smallest absolute Gasteiger partial charge is 0.334 e. The van der Waals surface area contributed by atoms with E-state index in [1.807, 2.05) is 26.0 Å². The van der Waals surface area contributed by atoms with Crippen LogP contribution in [0.15, 0.2) is 48.6 Å². The largest absolute Gasteiger partial charge is 0.460 e. The average Bonchev–Trinajstić information content (AvgIpc) is 3.60. The molecular weight excluding hydrogens is 580 g/mol. The van der Waals surface area contributed by atoms with E-state index in [1.54, 1.807) is 13.8 Å². The second kappa shape index (κ2) is 10.9. The monoisotopic (exact) mass is 620 g/mol. The molecule has 6 rings (SSSR count). The van der Waals surface area contributed by atoms with Crippen molar-refractivity contribution < 1.29 is 47.7 Å². The van der Waals surface area contributed by atoms with Crippen LogP contribution in [0, 0.1) is 46.3 Å². The molecule has 4 fully saturated rings. The fraction of sp³-hybridized carbons (Fsp3) is 0.600. The van der Waals surface area contributed by atoms with Crippen molar-refractivity contribution in [3.05, 3.63) is 48.6 Å². The lowest BCUT2D eigenvalue weighted by Crippen LogP contribution is -2.49. The number of ether oxygens (including phenoxy) is 4. The van der Waals surface area contributed by atoms with Crippen molar-refractivity contribution in [3.8, 4) is 0 Å². The Bertz CT molecular complexity index is 1360. The van der Waals surface area contributed by atoms with E-state index in [0.717, 1.165) is 0 Å².